The summed E-state index contributed by atoms with van der Waals surface area (Å²) in [5.74, 6) is -1.85. The van der Waals surface area contributed by atoms with Crippen molar-refractivity contribution in [1.29, 1.82) is 0 Å². The lowest BCUT2D eigenvalue weighted by Gasteiger charge is -2.08. The largest absolute Gasteiger partial charge is 0.454 e. The summed E-state index contributed by atoms with van der Waals surface area (Å²) < 4.78 is 36.9. The van der Waals surface area contributed by atoms with E-state index in [0.29, 0.717) is 5.56 Å². The fraction of sp³-hybridized carbons (Fsp3) is 0.188. The molecule has 0 bridgehead atoms. The summed E-state index contributed by atoms with van der Waals surface area (Å²) in [5.41, 5.74) is 1.87. The fourth-order valence-electron chi connectivity index (χ4n) is 1.93. The zero-order chi connectivity index (χ0) is 15.6. The first-order valence-electron chi connectivity index (χ1n) is 6.29. The number of alkyl halides is 3. The second-order valence-electron chi connectivity index (χ2n) is 4.70. The topological polar surface area (TPSA) is 37.3 Å². The zero-order valence-corrected chi connectivity index (χ0v) is 11.2. The van der Waals surface area contributed by atoms with Crippen LogP contribution in [0.25, 0.3) is 11.1 Å². The number of halogens is 3. The molecule has 0 aliphatic rings. The van der Waals surface area contributed by atoms with Crippen LogP contribution in [0.3, 0.4) is 0 Å². The van der Waals surface area contributed by atoms with Crippen LogP contribution in [0.2, 0.25) is 0 Å². The summed E-state index contributed by atoms with van der Waals surface area (Å²) >= 11 is 0. The van der Waals surface area contributed by atoms with Gasteiger partial charge in [-0.3, -0.25) is 4.79 Å². The summed E-state index contributed by atoms with van der Waals surface area (Å²) in [6.07, 6.45) is -5.44. The summed E-state index contributed by atoms with van der Waals surface area (Å²) in [5, 5.41) is 9.41. The highest BCUT2D eigenvalue weighted by atomic mass is 19.4. The zero-order valence-electron chi connectivity index (χ0n) is 11.2. The van der Waals surface area contributed by atoms with Crippen LogP contribution in [-0.2, 0) is 0 Å². The molecule has 0 aliphatic heterocycles. The quantitative estimate of drug-likeness (QED) is 0.863. The molecule has 0 fully saturated rings. The maximum absolute atomic E-state index is 12.3. The fourth-order valence-corrected chi connectivity index (χ4v) is 1.93. The predicted molar refractivity (Wildman–Crippen MR) is 72.9 cm³/mol. The third-order valence-corrected chi connectivity index (χ3v) is 3.13. The van der Waals surface area contributed by atoms with Gasteiger partial charge in [-0.05, 0) is 23.6 Å². The van der Waals surface area contributed by atoms with Crippen LogP contribution < -0.4 is 0 Å². The van der Waals surface area contributed by atoms with Crippen molar-refractivity contribution in [2.75, 3.05) is 0 Å². The van der Waals surface area contributed by atoms with Crippen molar-refractivity contribution in [2.45, 2.75) is 19.2 Å². The van der Waals surface area contributed by atoms with Gasteiger partial charge in [0.25, 0.3) is 5.78 Å². The Kier molecular flexibility index (Phi) is 4.14. The van der Waals surface area contributed by atoms with Gasteiger partial charge in [-0.1, -0.05) is 48.5 Å². The molecule has 0 spiro atoms. The van der Waals surface area contributed by atoms with E-state index in [0.717, 1.165) is 23.3 Å². The number of hydrogen-bond acceptors (Lipinski definition) is 2. The van der Waals surface area contributed by atoms with E-state index in [2.05, 4.69) is 0 Å². The maximum atomic E-state index is 12.3. The molecular weight excluding hydrogens is 281 g/mol. The average Bonchev–Trinajstić information content (AvgIpc) is 2.46. The van der Waals surface area contributed by atoms with Gasteiger partial charge in [0.1, 0.15) is 0 Å². The molecule has 5 heteroatoms. The molecule has 2 nitrogen and oxygen atoms in total. The molecular formula is C16H13F3O2. The van der Waals surface area contributed by atoms with Gasteiger partial charge < -0.3 is 5.11 Å². The molecule has 2 aromatic rings. The number of rotatable bonds is 3. The van der Waals surface area contributed by atoms with Crippen molar-refractivity contribution in [3.05, 3.63) is 59.7 Å². The maximum Gasteiger partial charge on any atom is 0.454 e. The van der Waals surface area contributed by atoms with E-state index in [1.54, 1.807) is 31.2 Å². The lowest BCUT2D eigenvalue weighted by Crippen LogP contribution is -2.22. The molecule has 2 rings (SSSR count). The number of benzene rings is 2. The molecule has 1 atom stereocenters. The van der Waals surface area contributed by atoms with E-state index in [4.69, 9.17) is 0 Å². The number of ketones is 1. The Morgan fingerprint density at radius 3 is 1.76 bits per heavy atom. The van der Waals surface area contributed by atoms with Crippen LogP contribution in [-0.4, -0.2) is 17.1 Å². The molecule has 0 amide bonds. The molecule has 0 saturated heterocycles. The second-order valence-corrected chi connectivity index (χ2v) is 4.70. The number of hydrogen-bond donors (Lipinski definition) is 1. The molecule has 0 aromatic heterocycles. The molecule has 0 aliphatic carbocycles. The Labute approximate surface area is 119 Å². The first-order valence-corrected chi connectivity index (χ1v) is 6.29. The van der Waals surface area contributed by atoms with Gasteiger partial charge in [0.15, 0.2) is 0 Å². The van der Waals surface area contributed by atoms with Gasteiger partial charge >= 0.3 is 6.18 Å². The second kappa shape index (κ2) is 5.69. The third-order valence-electron chi connectivity index (χ3n) is 3.13. The smallest absolute Gasteiger partial charge is 0.389 e. The molecule has 0 saturated carbocycles. The van der Waals surface area contributed by atoms with E-state index in [-0.39, 0.29) is 5.56 Å². The lowest BCUT2D eigenvalue weighted by atomic mass is 10.0. The Morgan fingerprint density at radius 2 is 1.38 bits per heavy atom. The van der Waals surface area contributed by atoms with Crippen LogP contribution >= 0.6 is 0 Å². The van der Waals surface area contributed by atoms with Crippen LogP contribution in [0.4, 0.5) is 13.2 Å². The highest BCUT2D eigenvalue weighted by molar-refractivity contribution is 6.00. The Hall–Kier alpha value is -2.14. The molecule has 0 heterocycles. The molecule has 110 valence electrons. The first kappa shape index (κ1) is 15.3. The number of carbonyl (C=O) groups is 1. The van der Waals surface area contributed by atoms with E-state index in [1.807, 2.05) is 0 Å². The van der Waals surface area contributed by atoms with Crippen molar-refractivity contribution in [2.24, 2.45) is 0 Å². The first-order chi connectivity index (χ1) is 9.79. The van der Waals surface area contributed by atoms with Gasteiger partial charge in [0.05, 0.1) is 6.10 Å². The standard InChI is InChI=1S/C16H13F3O2/c1-10(20)11-2-4-12(5-3-11)13-6-8-14(9-7-13)15(21)16(17,18)19/h2-10,20H,1H3/t10-/m1/s1. The SMILES string of the molecule is C[C@@H](O)c1ccc(-c2ccc(C(=O)C(F)(F)F)cc2)cc1. The number of aliphatic hydroxyl groups is 1. The summed E-state index contributed by atoms with van der Waals surface area (Å²) in [4.78, 5) is 11.1. The van der Waals surface area contributed by atoms with Gasteiger partial charge in [-0.2, -0.15) is 13.2 Å². The molecule has 1 N–H and O–H groups in total. The van der Waals surface area contributed by atoms with Gasteiger partial charge in [-0.25, -0.2) is 0 Å². The van der Waals surface area contributed by atoms with Crippen molar-refractivity contribution in [1.82, 2.24) is 0 Å². The van der Waals surface area contributed by atoms with Crippen LogP contribution in [0.15, 0.2) is 48.5 Å². The van der Waals surface area contributed by atoms with Crippen molar-refractivity contribution >= 4 is 5.78 Å². The van der Waals surface area contributed by atoms with Crippen LogP contribution in [0.5, 0.6) is 0 Å². The molecule has 0 radical (unpaired) electrons. The van der Waals surface area contributed by atoms with E-state index in [9.17, 15) is 23.1 Å². The molecule has 21 heavy (non-hydrogen) atoms. The monoisotopic (exact) mass is 294 g/mol. The number of carbonyl (C=O) groups excluding carboxylic acids is 1. The minimum Gasteiger partial charge on any atom is -0.389 e. The normalized spacial score (nSPS) is 13.0. The van der Waals surface area contributed by atoms with Crippen molar-refractivity contribution in [3.8, 4) is 11.1 Å². The average molecular weight is 294 g/mol. The van der Waals surface area contributed by atoms with Crippen molar-refractivity contribution in [3.63, 3.8) is 0 Å². The summed E-state index contributed by atoms with van der Waals surface area (Å²) in [6.45, 7) is 1.65. The highest BCUT2D eigenvalue weighted by Crippen LogP contribution is 2.25. The Bertz CT molecular complexity index is 626. The minimum atomic E-state index is -4.86. The van der Waals surface area contributed by atoms with Gasteiger partial charge in [0, 0.05) is 5.56 Å². The van der Waals surface area contributed by atoms with Gasteiger partial charge in [-0.15, -0.1) is 0 Å². The lowest BCUT2D eigenvalue weighted by molar-refractivity contribution is -0.0885. The molecule has 2 aromatic carbocycles. The summed E-state index contributed by atoms with van der Waals surface area (Å²) in [6, 6.07) is 12.3. The molecule has 0 unspecified atom stereocenters. The predicted octanol–water partition coefficient (Wildman–Crippen LogP) is 4.15. The van der Waals surface area contributed by atoms with Gasteiger partial charge in [0.2, 0.25) is 0 Å². The van der Waals surface area contributed by atoms with Crippen LogP contribution in [0, 0.1) is 0 Å². The minimum absolute atomic E-state index is 0.383. The van der Waals surface area contributed by atoms with E-state index in [1.165, 1.54) is 12.1 Å². The van der Waals surface area contributed by atoms with Crippen molar-refractivity contribution < 1.29 is 23.1 Å². The Morgan fingerprint density at radius 1 is 0.952 bits per heavy atom. The third kappa shape index (κ3) is 3.49. The number of aliphatic hydroxyl groups excluding tert-OH is 1. The highest BCUT2D eigenvalue weighted by Gasteiger charge is 2.39. The number of Topliss-reactive ketones (excluding diaryl/α,β-unsaturated/α-hetero) is 1. The van der Waals surface area contributed by atoms with Crippen LogP contribution in [0.1, 0.15) is 28.9 Å². The summed E-state index contributed by atoms with van der Waals surface area (Å²) in [7, 11) is 0. The Balaban J connectivity index is 2.25. The van der Waals surface area contributed by atoms with E-state index < -0.39 is 18.1 Å². The van der Waals surface area contributed by atoms with E-state index >= 15 is 0 Å².